The van der Waals surface area contributed by atoms with E-state index in [2.05, 4.69) is 51.7 Å². The second-order valence-corrected chi connectivity index (χ2v) is 9.64. The number of nitrogens with zero attached hydrogens (tertiary/aromatic N) is 5. The molecule has 0 saturated heterocycles. The van der Waals surface area contributed by atoms with Crippen LogP contribution < -0.4 is 11.1 Å². The third-order valence-corrected chi connectivity index (χ3v) is 6.98. The number of fused-ring (bicyclic) bond motifs is 1. The van der Waals surface area contributed by atoms with E-state index in [0.29, 0.717) is 11.5 Å². The van der Waals surface area contributed by atoms with Gasteiger partial charge in [-0.05, 0) is 70.7 Å². The Bertz CT molecular complexity index is 1630. The van der Waals surface area contributed by atoms with E-state index in [-0.39, 0.29) is 17.7 Å². The number of carbonyl (C=O) groups excluding carboxylic acids is 1. The molecule has 5 aromatic rings. The van der Waals surface area contributed by atoms with Gasteiger partial charge in [0.2, 0.25) is 5.91 Å². The van der Waals surface area contributed by atoms with Crippen LogP contribution in [0.2, 0.25) is 0 Å². The highest BCUT2D eigenvalue weighted by atomic mass is 16.2. The average molecular weight is 478 g/mol. The van der Waals surface area contributed by atoms with Crippen molar-refractivity contribution in [2.75, 3.05) is 11.1 Å². The normalized spacial score (nSPS) is 16.9. The van der Waals surface area contributed by atoms with E-state index < -0.39 is 0 Å². The summed E-state index contributed by atoms with van der Waals surface area (Å²) in [4.78, 5) is 17.4. The molecular formula is C28H27N7O. The molecule has 0 radical (unpaired) electrons. The van der Waals surface area contributed by atoms with Gasteiger partial charge in [0, 0.05) is 55.2 Å². The number of nitrogen functional groups attached to an aromatic ring is 1. The third kappa shape index (κ3) is 3.90. The second kappa shape index (κ2) is 8.34. The number of carbonyl (C=O) groups is 1. The standard InChI is InChI=1S/C28H27N7O/c1-16-5-4-6-21(19-11-31-34(2)14-19)27(16)18-7-17-9-26(30-13-24(17)25(29)8-18)33-28(36)23-10-22(23)20-12-32-35(3)15-20/h4-9,11-15,22-23H,10,29H2,1-3H3,(H,30,33,36)/t22-,23+/m1/s1. The van der Waals surface area contributed by atoms with Gasteiger partial charge in [-0.15, -0.1) is 0 Å². The van der Waals surface area contributed by atoms with Crippen molar-refractivity contribution in [1.29, 1.82) is 0 Å². The van der Waals surface area contributed by atoms with Crippen LogP contribution in [0.1, 0.15) is 23.5 Å². The summed E-state index contributed by atoms with van der Waals surface area (Å²) in [5.41, 5.74) is 13.6. The third-order valence-electron chi connectivity index (χ3n) is 6.98. The van der Waals surface area contributed by atoms with Gasteiger partial charge in [-0.25, -0.2) is 4.98 Å². The highest BCUT2D eigenvalue weighted by molar-refractivity contribution is 6.01. The molecule has 3 aromatic heterocycles. The lowest BCUT2D eigenvalue weighted by molar-refractivity contribution is -0.117. The lowest BCUT2D eigenvalue weighted by Gasteiger charge is -2.15. The van der Waals surface area contributed by atoms with Gasteiger partial charge in [-0.1, -0.05) is 18.2 Å². The van der Waals surface area contributed by atoms with E-state index in [1.807, 2.05) is 51.0 Å². The smallest absolute Gasteiger partial charge is 0.229 e. The van der Waals surface area contributed by atoms with Gasteiger partial charge < -0.3 is 11.1 Å². The first kappa shape index (κ1) is 22.0. The van der Waals surface area contributed by atoms with Crippen molar-refractivity contribution in [3.63, 3.8) is 0 Å². The zero-order valence-electron chi connectivity index (χ0n) is 20.4. The maximum Gasteiger partial charge on any atom is 0.229 e. The van der Waals surface area contributed by atoms with Crippen molar-refractivity contribution in [2.24, 2.45) is 20.0 Å². The van der Waals surface area contributed by atoms with Gasteiger partial charge in [-0.3, -0.25) is 14.2 Å². The van der Waals surface area contributed by atoms with Gasteiger partial charge in [0.15, 0.2) is 0 Å². The molecule has 0 unspecified atom stereocenters. The zero-order chi connectivity index (χ0) is 25.0. The molecule has 8 nitrogen and oxygen atoms in total. The summed E-state index contributed by atoms with van der Waals surface area (Å²) in [6.45, 7) is 2.10. The summed E-state index contributed by atoms with van der Waals surface area (Å²) in [5, 5.41) is 13.4. The van der Waals surface area contributed by atoms with Crippen molar-refractivity contribution >= 4 is 28.2 Å². The predicted octanol–water partition coefficient (Wildman–Crippen LogP) is 4.67. The molecule has 1 aliphatic carbocycles. The van der Waals surface area contributed by atoms with E-state index in [1.165, 1.54) is 0 Å². The minimum absolute atomic E-state index is 0.0161. The van der Waals surface area contributed by atoms with Crippen molar-refractivity contribution < 1.29 is 4.79 Å². The number of hydrogen-bond acceptors (Lipinski definition) is 5. The highest BCUT2D eigenvalue weighted by Gasteiger charge is 2.44. The van der Waals surface area contributed by atoms with Gasteiger partial charge in [0.1, 0.15) is 5.82 Å². The van der Waals surface area contributed by atoms with E-state index in [4.69, 9.17) is 5.73 Å². The average Bonchev–Trinajstić information content (AvgIpc) is 3.35. The number of pyridine rings is 1. The Morgan fingerprint density at radius 2 is 1.83 bits per heavy atom. The molecule has 1 aliphatic rings. The van der Waals surface area contributed by atoms with Crippen LogP contribution >= 0.6 is 0 Å². The highest BCUT2D eigenvalue weighted by Crippen LogP contribution is 2.48. The Kier molecular flexibility index (Phi) is 5.10. The van der Waals surface area contributed by atoms with Gasteiger partial charge in [0.25, 0.3) is 0 Å². The van der Waals surface area contributed by atoms with E-state index in [0.717, 1.165) is 50.6 Å². The Morgan fingerprint density at radius 1 is 1.03 bits per heavy atom. The van der Waals surface area contributed by atoms with E-state index in [9.17, 15) is 4.79 Å². The first-order valence-corrected chi connectivity index (χ1v) is 11.9. The van der Waals surface area contributed by atoms with Crippen LogP contribution in [0.15, 0.2) is 67.4 Å². The van der Waals surface area contributed by atoms with Crippen LogP contribution in [0.4, 0.5) is 11.5 Å². The van der Waals surface area contributed by atoms with Crippen molar-refractivity contribution in [1.82, 2.24) is 24.5 Å². The van der Waals surface area contributed by atoms with Crippen molar-refractivity contribution in [2.45, 2.75) is 19.3 Å². The van der Waals surface area contributed by atoms with Crippen molar-refractivity contribution in [3.8, 4) is 22.3 Å². The molecule has 3 N–H and O–H groups in total. The van der Waals surface area contributed by atoms with Crippen LogP contribution in [-0.4, -0.2) is 30.5 Å². The lowest BCUT2D eigenvalue weighted by Crippen LogP contribution is -2.15. The number of amides is 1. The fraction of sp³-hybridized carbons (Fsp3) is 0.214. The quantitative estimate of drug-likeness (QED) is 0.358. The van der Waals surface area contributed by atoms with E-state index in [1.54, 1.807) is 15.6 Å². The number of rotatable bonds is 5. The fourth-order valence-corrected chi connectivity index (χ4v) is 5.05. The van der Waals surface area contributed by atoms with Crippen LogP contribution in [0.25, 0.3) is 33.0 Å². The SMILES string of the molecule is Cc1cccc(-c2cnn(C)c2)c1-c1cc(N)c2cnc(NC(=O)[C@H]3C[C@@H]3c3cnn(C)c3)cc2c1. The van der Waals surface area contributed by atoms with Gasteiger partial charge in [-0.2, -0.15) is 10.2 Å². The summed E-state index contributed by atoms with van der Waals surface area (Å²) >= 11 is 0. The second-order valence-electron chi connectivity index (χ2n) is 9.64. The summed E-state index contributed by atoms with van der Waals surface area (Å²) in [6.07, 6.45) is 10.2. The molecule has 1 amide bonds. The number of nitrogens with two attached hydrogens (primary N) is 1. The van der Waals surface area contributed by atoms with E-state index >= 15 is 0 Å². The Balaban J connectivity index is 1.33. The van der Waals surface area contributed by atoms with Gasteiger partial charge >= 0.3 is 0 Å². The number of nitrogens with one attached hydrogen (secondary N) is 1. The Morgan fingerprint density at radius 3 is 2.58 bits per heavy atom. The summed E-state index contributed by atoms with van der Waals surface area (Å²) in [5.74, 6) is 0.668. The number of anilines is 2. The molecule has 2 atom stereocenters. The number of benzene rings is 2. The molecule has 8 heteroatoms. The largest absolute Gasteiger partial charge is 0.398 e. The zero-order valence-corrected chi connectivity index (χ0v) is 20.4. The van der Waals surface area contributed by atoms with Crippen LogP contribution in [0.5, 0.6) is 0 Å². The molecule has 3 heterocycles. The first-order valence-electron chi connectivity index (χ1n) is 11.9. The molecule has 0 aliphatic heterocycles. The molecule has 2 aromatic carbocycles. The molecule has 1 fully saturated rings. The maximum atomic E-state index is 12.9. The Hall–Kier alpha value is -4.46. The molecular weight excluding hydrogens is 450 g/mol. The molecule has 180 valence electrons. The Labute approximate surface area is 208 Å². The van der Waals surface area contributed by atoms with Gasteiger partial charge in [0.05, 0.1) is 12.4 Å². The topological polar surface area (TPSA) is 104 Å². The molecule has 0 spiro atoms. The summed E-state index contributed by atoms with van der Waals surface area (Å²) < 4.78 is 3.57. The number of hydrogen-bond donors (Lipinski definition) is 2. The van der Waals surface area contributed by atoms with Crippen molar-refractivity contribution in [3.05, 3.63) is 78.5 Å². The van der Waals surface area contributed by atoms with Crippen LogP contribution in [-0.2, 0) is 18.9 Å². The first-order chi connectivity index (χ1) is 17.4. The molecule has 36 heavy (non-hydrogen) atoms. The lowest BCUT2D eigenvalue weighted by atomic mass is 9.91. The molecule has 0 bridgehead atoms. The summed E-state index contributed by atoms with van der Waals surface area (Å²) in [6, 6.07) is 12.3. The minimum Gasteiger partial charge on any atom is -0.398 e. The van der Waals surface area contributed by atoms with Crippen LogP contribution in [0, 0.1) is 12.8 Å². The monoisotopic (exact) mass is 477 g/mol. The van der Waals surface area contributed by atoms with Crippen LogP contribution in [0.3, 0.4) is 0 Å². The number of aryl methyl sites for hydroxylation is 3. The predicted molar refractivity (Wildman–Crippen MR) is 141 cm³/mol. The molecule has 6 rings (SSSR count). The fourth-order valence-electron chi connectivity index (χ4n) is 5.05. The molecule has 1 saturated carbocycles. The maximum absolute atomic E-state index is 12.9. The number of aromatic nitrogens is 5. The minimum atomic E-state index is -0.0582. The summed E-state index contributed by atoms with van der Waals surface area (Å²) in [7, 11) is 3.80.